The molecular formula is C24H24F3N7O2. The molecule has 36 heavy (non-hydrogen) atoms. The minimum absolute atomic E-state index is 0.0561. The number of rotatable bonds is 5. The maximum absolute atomic E-state index is 14.9. The fraction of sp³-hybridized carbons (Fsp3) is 0.333. The molecule has 0 bridgehead atoms. The number of hydrogen-bond donors (Lipinski definition) is 2. The predicted octanol–water partition coefficient (Wildman–Crippen LogP) is 3.24. The van der Waals surface area contributed by atoms with Crippen molar-refractivity contribution in [3.8, 4) is 17.0 Å². The summed E-state index contributed by atoms with van der Waals surface area (Å²) in [6.07, 6.45) is 0.926. The molecule has 2 N–H and O–H groups in total. The van der Waals surface area contributed by atoms with Gasteiger partial charge in [-0.2, -0.15) is 4.39 Å². The molecule has 1 aromatic carbocycles. The zero-order valence-electron chi connectivity index (χ0n) is 19.7. The first-order chi connectivity index (χ1) is 17.3. The van der Waals surface area contributed by atoms with E-state index in [9.17, 15) is 18.0 Å². The van der Waals surface area contributed by atoms with Crippen LogP contribution in [-0.4, -0.2) is 59.7 Å². The molecule has 1 amide bonds. The summed E-state index contributed by atoms with van der Waals surface area (Å²) in [6, 6.07) is 5.45. The van der Waals surface area contributed by atoms with Crippen LogP contribution in [0.4, 0.5) is 36.3 Å². The van der Waals surface area contributed by atoms with E-state index in [2.05, 4.69) is 25.6 Å². The van der Waals surface area contributed by atoms with E-state index in [-0.39, 0.29) is 53.0 Å². The molecule has 1 fully saturated rings. The lowest BCUT2D eigenvalue weighted by Gasteiger charge is -2.33. The summed E-state index contributed by atoms with van der Waals surface area (Å²) >= 11 is 0. The van der Waals surface area contributed by atoms with Crippen molar-refractivity contribution in [2.75, 3.05) is 47.9 Å². The average molecular weight is 499 g/mol. The van der Waals surface area contributed by atoms with Crippen LogP contribution in [0.5, 0.6) is 5.75 Å². The SMILES string of the molecule is CC(C)N1C(=O)COc2c(F)cc(-c3nc(Nc4ccc(N5CCNCC5)c(F)n4)ncc3F)cc21. The van der Waals surface area contributed by atoms with E-state index >= 15 is 0 Å². The number of nitrogens with zero attached hydrogens (tertiary/aromatic N) is 5. The highest BCUT2D eigenvalue weighted by atomic mass is 19.1. The molecule has 5 rings (SSSR count). The number of fused-ring (bicyclic) bond motifs is 1. The lowest BCUT2D eigenvalue weighted by Crippen LogP contribution is -2.44. The Morgan fingerprint density at radius 1 is 1.06 bits per heavy atom. The van der Waals surface area contributed by atoms with Crippen molar-refractivity contribution in [1.29, 1.82) is 0 Å². The van der Waals surface area contributed by atoms with E-state index < -0.39 is 17.6 Å². The number of amides is 1. The Balaban J connectivity index is 1.45. The van der Waals surface area contributed by atoms with Gasteiger partial charge in [-0.15, -0.1) is 0 Å². The van der Waals surface area contributed by atoms with Crippen LogP contribution >= 0.6 is 0 Å². The summed E-state index contributed by atoms with van der Waals surface area (Å²) in [5, 5.41) is 5.98. The Bertz CT molecular complexity index is 1320. The summed E-state index contributed by atoms with van der Waals surface area (Å²) in [5.74, 6) is -2.54. The van der Waals surface area contributed by atoms with E-state index in [0.29, 0.717) is 18.8 Å². The van der Waals surface area contributed by atoms with Crippen molar-refractivity contribution in [3.63, 3.8) is 0 Å². The van der Waals surface area contributed by atoms with Crippen LogP contribution in [0.2, 0.25) is 0 Å². The van der Waals surface area contributed by atoms with Gasteiger partial charge in [-0.1, -0.05) is 0 Å². The van der Waals surface area contributed by atoms with Gasteiger partial charge in [0.25, 0.3) is 5.91 Å². The Morgan fingerprint density at radius 3 is 2.56 bits per heavy atom. The van der Waals surface area contributed by atoms with Gasteiger partial charge >= 0.3 is 0 Å². The predicted molar refractivity (Wildman–Crippen MR) is 128 cm³/mol. The molecule has 0 atom stereocenters. The van der Waals surface area contributed by atoms with Gasteiger partial charge in [-0.05, 0) is 38.1 Å². The van der Waals surface area contributed by atoms with Crippen LogP contribution in [-0.2, 0) is 4.79 Å². The minimum atomic E-state index is -0.799. The van der Waals surface area contributed by atoms with Crippen LogP contribution in [0.15, 0.2) is 30.5 Å². The smallest absolute Gasteiger partial charge is 0.265 e. The highest BCUT2D eigenvalue weighted by Crippen LogP contribution is 2.39. The lowest BCUT2D eigenvalue weighted by molar-refractivity contribution is -0.121. The molecule has 0 aliphatic carbocycles. The number of anilines is 4. The number of nitrogens with one attached hydrogen (secondary N) is 2. The largest absolute Gasteiger partial charge is 0.478 e. The van der Waals surface area contributed by atoms with Crippen LogP contribution in [0.1, 0.15) is 13.8 Å². The molecule has 12 heteroatoms. The number of carbonyl (C=O) groups is 1. The van der Waals surface area contributed by atoms with Gasteiger partial charge in [-0.3, -0.25) is 4.79 Å². The second-order valence-electron chi connectivity index (χ2n) is 8.71. The monoisotopic (exact) mass is 499 g/mol. The molecule has 188 valence electrons. The summed E-state index contributed by atoms with van der Waals surface area (Å²) < 4.78 is 49.6. The quantitative estimate of drug-likeness (QED) is 0.517. The van der Waals surface area contributed by atoms with Crippen LogP contribution in [0.25, 0.3) is 11.3 Å². The zero-order valence-corrected chi connectivity index (χ0v) is 19.7. The van der Waals surface area contributed by atoms with E-state index in [1.165, 1.54) is 11.0 Å². The van der Waals surface area contributed by atoms with E-state index in [4.69, 9.17) is 4.74 Å². The third-order valence-electron chi connectivity index (χ3n) is 5.95. The second-order valence-corrected chi connectivity index (χ2v) is 8.71. The number of piperazine rings is 1. The molecule has 2 aliphatic rings. The van der Waals surface area contributed by atoms with Gasteiger partial charge in [0.15, 0.2) is 24.0 Å². The number of halogens is 3. The first kappa shape index (κ1) is 23.8. The summed E-state index contributed by atoms with van der Waals surface area (Å²) in [5.41, 5.74) is 0.468. The Hall–Kier alpha value is -3.93. The lowest BCUT2D eigenvalue weighted by atomic mass is 10.1. The molecule has 1 saturated heterocycles. The molecule has 2 aliphatic heterocycles. The molecule has 4 heterocycles. The number of benzene rings is 1. The van der Waals surface area contributed by atoms with Crippen molar-refractivity contribution in [1.82, 2.24) is 20.3 Å². The normalized spacial score (nSPS) is 15.7. The molecule has 2 aromatic heterocycles. The third kappa shape index (κ3) is 4.51. The van der Waals surface area contributed by atoms with Crippen LogP contribution in [0.3, 0.4) is 0 Å². The first-order valence-electron chi connectivity index (χ1n) is 11.5. The maximum atomic E-state index is 14.9. The van der Waals surface area contributed by atoms with Gasteiger partial charge in [0.1, 0.15) is 11.5 Å². The van der Waals surface area contributed by atoms with Crippen LogP contribution < -0.4 is 25.2 Å². The summed E-state index contributed by atoms with van der Waals surface area (Å²) in [4.78, 5) is 27.7. The first-order valence-corrected chi connectivity index (χ1v) is 11.5. The van der Waals surface area contributed by atoms with Crippen molar-refractivity contribution < 1.29 is 22.7 Å². The summed E-state index contributed by atoms with van der Waals surface area (Å²) in [7, 11) is 0. The molecule has 0 unspecified atom stereocenters. The zero-order chi connectivity index (χ0) is 25.4. The van der Waals surface area contributed by atoms with Gasteiger partial charge in [0.2, 0.25) is 11.9 Å². The Kier molecular flexibility index (Phi) is 6.35. The second kappa shape index (κ2) is 9.61. The Morgan fingerprint density at radius 2 is 1.83 bits per heavy atom. The van der Waals surface area contributed by atoms with Crippen molar-refractivity contribution >= 4 is 29.0 Å². The van der Waals surface area contributed by atoms with E-state index in [0.717, 1.165) is 25.4 Å². The van der Waals surface area contributed by atoms with Crippen LogP contribution in [0, 0.1) is 17.6 Å². The number of ether oxygens (including phenoxy) is 1. The summed E-state index contributed by atoms with van der Waals surface area (Å²) in [6.45, 7) is 6.12. The average Bonchev–Trinajstić information content (AvgIpc) is 2.85. The van der Waals surface area contributed by atoms with Gasteiger partial charge in [-0.25, -0.2) is 23.7 Å². The van der Waals surface area contributed by atoms with E-state index in [1.54, 1.807) is 26.0 Å². The van der Waals surface area contributed by atoms with Crippen molar-refractivity contribution in [3.05, 3.63) is 48.0 Å². The van der Waals surface area contributed by atoms with Gasteiger partial charge in [0, 0.05) is 37.8 Å². The standard InChI is InChI=1S/C24H24F3N7O2/c1-13(2)34-18-10-14(9-15(25)22(18)36-12-20(34)35)21-16(26)11-29-24(32-21)31-19-4-3-17(23(27)30-19)33-7-5-28-6-8-33/h3-4,9-11,13,28H,5-8,12H2,1-2H3,(H,29,30,31,32). The molecule has 0 radical (unpaired) electrons. The molecule has 3 aromatic rings. The highest BCUT2D eigenvalue weighted by molar-refractivity contribution is 5.99. The van der Waals surface area contributed by atoms with Crippen molar-refractivity contribution in [2.45, 2.75) is 19.9 Å². The highest BCUT2D eigenvalue weighted by Gasteiger charge is 2.31. The fourth-order valence-corrected chi connectivity index (χ4v) is 4.32. The van der Waals surface area contributed by atoms with Gasteiger partial charge in [0.05, 0.1) is 17.6 Å². The molecule has 0 spiro atoms. The Labute approximate surface area is 205 Å². The topological polar surface area (TPSA) is 95.5 Å². The number of hydrogen-bond acceptors (Lipinski definition) is 8. The minimum Gasteiger partial charge on any atom is -0.478 e. The number of pyridine rings is 1. The molecule has 0 saturated carbocycles. The molecular weight excluding hydrogens is 475 g/mol. The van der Waals surface area contributed by atoms with Crippen molar-refractivity contribution in [2.24, 2.45) is 0 Å². The maximum Gasteiger partial charge on any atom is 0.265 e. The van der Waals surface area contributed by atoms with Gasteiger partial charge < -0.3 is 25.2 Å². The number of aromatic nitrogens is 3. The third-order valence-corrected chi connectivity index (χ3v) is 5.95. The van der Waals surface area contributed by atoms with E-state index in [1.807, 2.05) is 4.90 Å². The fourth-order valence-electron chi connectivity index (χ4n) is 4.32. The molecule has 9 nitrogen and oxygen atoms in total. The number of carbonyl (C=O) groups excluding carboxylic acids is 1.